The molecule has 178 valence electrons. The zero-order valence-corrected chi connectivity index (χ0v) is 19.8. The number of ether oxygens (including phenoxy) is 1. The molecule has 2 heterocycles. The van der Waals surface area contributed by atoms with Crippen LogP contribution in [0.4, 0.5) is 0 Å². The lowest BCUT2D eigenvalue weighted by atomic mass is 10.0. The molecule has 1 saturated carbocycles. The summed E-state index contributed by atoms with van der Waals surface area (Å²) in [5.74, 6) is 1.43. The van der Waals surface area contributed by atoms with Crippen molar-refractivity contribution in [2.45, 2.75) is 63.3 Å². The fourth-order valence-corrected chi connectivity index (χ4v) is 5.56. The van der Waals surface area contributed by atoms with Crippen molar-refractivity contribution in [2.24, 2.45) is 0 Å². The third-order valence-electron chi connectivity index (χ3n) is 5.88. The minimum atomic E-state index is -3.91. The number of aliphatic hydroxyl groups is 1. The van der Waals surface area contributed by atoms with Crippen LogP contribution in [-0.2, 0) is 10.0 Å². The summed E-state index contributed by atoms with van der Waals surface area (Å²) in [4.78, 5) is 25.1. The van der Waals surface area contributed by atoms with Gasteiger partial charge >= 0.3 is 5.69 Å². The number of H-pyrrole nitrogens is 1. The Balaban J connectivity index is 1.89. The highest BCUT2D eigenvalue weighted by Gasteiger charge is 2.26. The molecule has 10 nitrogen and oxygen atoms in total. The van der Waals surface area contributed by atoms with Gasteiger partial charge in [0.1, 0.15) is 17.4 Å². The molecule has 1 unspecified atom stereocenters. The van der Waals surface area contributed by atoms with Gasteiger partial charge in [0.05, 0.1) is 29.4 Å². The number of benzene rings is 1. The number of aryl methyl sites for hydroxylation is 1. The van der Waals surface area contributed by atoms with Crippen molar-refractivity contribution in [1.82, 2.24) is 24.1 Å². The van der Waals surface area contributed by atoms with Crippen LogP contribution in [0.25, 0.3) is 17.0 Å². The van der Waals surface area contributed by atoms with Crippen LogP contribution < -0.4 is 15.1 Å². The van der Waals surface area contributed by atoms with Gasteiger partial charge < -0.3 is 9.84 Å². The van der Waals surface area contributed by atoms with Crippen LogP contribution >= 0.6 is 0 Å². The van der Waals surface area contributed by atoms with E-state index < -0.39 is 21.8 Å². The minimum Gasteiger partial charge on any atom is -0.493 e. The summed E-state index contributed by atoms with van der Waals surface area (Å²) in [6, 6.07) is 3.73. The average Bonchev–Trinajstić information content (AvgIpc) is 3.42. The predicted molar refractivity (Wildman–Crippen MR) is 123 cm³/mol. The molecule has 0 bridgehead atoms. The fraction of sp³-hybridized carbons (Fsp3) is 0.500. The molecule has 0 aliphatic heterocycles. The normalized spacial score (nSPS) is 15.9. The third-order valence-corrected chi connectivity index (χ3v) is 7.47. The van der Waals surface area contributed by atoms with Gasteiger partial charge in [0, 0.05) is 12.0 Å². The molecule has 1 aromatic carbocycles. The number of hydrogen-bond donors (Lipinski definition) is 3. The number of nitrogens with one attached hydrogen (secondary N) is 2. The Morgan fingerprint density at radius 2 is 2.03 bits per heavy atom. The molecule has 1 aliphatic rings. The van der Waals surface area contributed by atoms with Crippen LogP contribution in [0.3, 0.4) is 0 Å². The Hall–Kier alpha value is -2.76. The van der Waals surface area contributed by atoms with Crippen LogP contribution in [0.5, 0.6) is 5.75 Å². The lowest BCUT2D eigenvalue weighted by molar-refractivity contribution is 0.265. The average molecular weight is 476 g/mol. The first-order valence-corrected chi connectivity index (χ1v) is 12.6. The number of nitrogens with zero attached hydrogens (tertiary/aromatic N) is 3. The van der Waals surface area contributed by atoms with Crippen molar-refractivity contribution < 1.29 is 18.3 Å². The lowest BCUT2D eigenvalue weighted by Crippen LogP contribution is -2.35. The van der Waals surface area contributed by atoms with Crippen LogP contribution in [0.1, 0.15) is 57.0 Å². The van der Waals surface area contributed by atoms with Gasteiger partial charge in [-0.15, -0.1) is 0 Å². The first-order chi connectivity index (χ1) is 15.7. The topological polar surface area (TPSA) is 139 Å². The SMILES string of the molecule is CCOc1ccc(S(=O)(=O)NC(C)CO)cc1-c1nc2c(C3CCCC3)nc(C)n2c(=O)[nH]1. The van der Waals surface area contributed by atoms with E-state index in [0.717, 1.165) is 31.4 Å². The van der Waals surface area contributed by atoms with E-state index in [1.807, 2.05) is 6.92 Å². The zero-order valence-electron chi connectivity index (χ0n) is 19.0. The minimum absolute atomic E-state index is 0.0236. The quantitative estimate of drug-likeness (QED) is 0.453. The highest BCUT2D eigenvalue weighted by Crippen LogP contribution is 2.36. The maximum absolute atomic E-state index is 13.0. The second kappa shape index (κ2) is 9.24. The summed E-state index contributed by atoms with van der Waals surface area (Å²) >= 11 is 0. The Labute approximate surface area is 192 Å². The molecule has 0 spiro atoms. The summed E-state index contributed by atoms with van der Waals surface area (Å²) in [6.07, 6.45) is 4.24. The van der Waals surface area contributed by atoms with Crippen molar-refractivity contribution >= 4 is 15.7 Å². The van der Waals surface area contributed by atoms with Crippen molar-refractivity contribution in [3.05, 3.63) is 40.2 Å². The van der Waals surface area contributed by atoms with Crippen molar-refractivity contribution in [3.8, 4) is 17.1 Å². The Bertz CT molecular complexity index is 1320. The molecule has 11 heteroatoms. The molecule has 1 atom stereocenters. The van der Waals surface area contributed by atoms with Gasteiger partial charge in [0.2, 0.25) is 10.0 Å². The number of rotatable bonds is 8. The fourth-order valence-electron chi connectivity index (χ4n) is 4.30. The van der Waals surface area contributed by atoms with Crippen LogP contribution in [0, 0.1) is 6.92 Å². The van der Waals surface area contributed by atoms with E-state index in [0.29, 0.717) is 29.4 Å². The monoisotopic (exact) mass is 475 g/mol. The maximum atomic E-state index is 13.0. The van der Waals surface area contributed by atoms with Crippen LogP contribution in [0.15, 0.2) is 27.9 Å². The second-order valence-electron chi connectivity index (χ2n) is 8.37. The number of hydrogen-bond acceptors (Lipinski definition) is 7. The second-order valence-corrected chi connectivity index (χ2v) is 10.1. The molecule has 1 fully saturated rings. The maximum Gasteiger partial charge on any atom is 0.334 e. The molecule has 2 aromatic heterocycles. The zero-order chi connectivity index (χ0) is 23.8. The number of fused-ring (bicyclic) bond motifs is 1. The van der Waals surface area contributed by atoms with E-state index in [1.54, 1.807) is 19.9 Å². The smallest absolute Gasteiger partial charge is 0.334 e. The number of imidazole rings is 1. The predicted octanol–water partition coefficient (Wildman–Crippen LogP) is 2.11. The number of aromatic nitrogens is 4. The third kappa shape index (κ3) is 4.53. The molecule has 3 aromatic rings. The summed E-state index contributed by atoms with van der Waals surface area (Å²) < 4.78 is 35.2. The molecule has 3 N–H and O–H groups in total. The van der Waals surface area contributed by atoms with Crippen molar-refractivity contribution in [3.63, 3.8) is 0 Å². The van der Waals surface area contributed by atoms with Gasteiger partial charge in [-0.3, -0.25) is 4.98 Å². The lowest BCUT2D eigenvalue weighted by Gasteiger charge is -2.15. The number of sulfonamides is 1. The summed E-state index contributed by atoms with van der Waals surface area (Å²) in [7, 11) is -3.91. The highest BCUT2D eigenvalue weighted by molar-refractivity contribution is 7.89. The van der Waals surface area contributed by atoms with E-state index in [2.05, 4.69) is 14.7 Å². The summed E-state index contributed by atoms with van der Waals surface area (Å²) in [6.45, 7) is 5.17. The Kier molecular flexibility index (Phi) is 6.55. The van der Waals surface area contributed by atoms with Crippen LogP contribution in [0.2, 0.25) is 0 Å². The number of aliphatic hydroxyl groups excluding tert-OH is 1. The molecule has 1 aliphatic carbocycles. The Morgan fingerprint density at radius 1 is 1.30 bits per heavy atom. The molecular formula is C22H29N5O5S. The molecule has 33 heavy (non-hydrogen) atoms. The first kappa shape index (κ1) is 23.4. The molecule has 4 rings (SSSR count). The van der Waals surface area contributed by atoms with Gasteiger partial charge in [0.25, 0.3) is 0 Å². The summed E-state index contributed by atoms with van der Waals surface area (Å²) in [5, 5.41) is 9.24. The van der Waals surface area contributed by atoms with Crippen molar-refractivity contribution in [1.29, 1.82) is 0 Å². The van der Waals surface area contributed by atoms with E-state index in [-0.39, 0.29) is 23.2 Å². The standard InChI is InChI=1S/C22H29N5O5S/c1-4-32-18-10-9-16(33(30,31)26-13(2)12-28)11-17(18)20-24-21-19(15-7-5-6-8-15)23-14(3)27(21)22(29)25-20/h9-11,13,15,26,28H,4-8,12H2,1-3H3,(H,24,25,29). The van der Waals surface area contributed by atoms with Gasteiger partial charge in [-0.05, 0) is 51.8 Å². The van der Waals surface area contributed by atoms with E-state index in [1.165, 1.54) is 16.5 Å². The summed E-state index contributed by atoms with van der Waals surface area (Å²) in [5.41, 5.74) is 1.25. The molecule has 0 saturated heterocycles. The molecule has 0 radical (unpaired) electrons. The van der Waals surface area contributed by atoms with Crippen LogP contribution in [-0.4, -0.2) is 52.1 Å². The largest absolute Gasteiger partial charge is 0.493 e. The highest BCUT2D eigenvalue weighted by atomic mass is 32.2. The van der Waals surface area contributed by atoms with E-state index in [9.17, 15) is 18.3 Å². The van der Waals surface area contributed by atoms with Gasteiger partial charge in [0.15, 0.2) is 5.65 Å². The van der Waals surface area contributed by atoms with E-state index >= 15 is 0 Å². The van der Waals surface area contributed by atoms with E-state index in [4.69, 9.17) is 9.72 Å². The number of aromatic amines is 1. The Morgan fingerprint density at radius 3 is 2.70 bits per heavy atom. The van der Waals surface area contributed by atoms with Gasteiger partial charge in [-0.2, -0.15) is 0 Å². The first-order valence-electron chi connectivity index (χ1n) is 11.1. The molecular weight excluding hydrogens is 446 g/mol. The van der Waals surface area contributed by atoms with Crippen molar-refractivity contribution in [2.75, 3.05) is 13.2 Å². The van der Waals surface area contributed by atoms with Gasteiger partial charge in [-0.1, -0.05) is 12.8 Å². The molecule has 0 amide bonds. The van der Waals surface area contributed by atoms with Gasteiger partial charge in [-0.25, -0.2) is 32.3 Å².